The van der Waals surface area contributed by atoms with Crippen LogP contribution in [0.1, 0.15) is 31.9 Å². The van der Waals surface area contributed by atoms with Crippen LogP contribution in [0.25, 0.3) is 0 Å². The van der Waals surface area contributed by atoms with Crippen molar-refractivity contribution in [2.45, 2.75) is 26.4 Å². The number of likely N-dealkylation sites (tertiary alicyclic amines) is 1. The summed E-state index contributed by atoms with van der Waals surface area (Å²) in [5, 5.41) is 12.2. The van der Waals surface area contributed by atoms with Crippen LogP contribution in [-0.2, 0) is 4.79 Å². The van der Waals surface area contributed by atoms with E-state index in [-0.39, 0.29) is 11.9 Å². The number of urea groups is 1. The summed E-state index contributed by atoms with van der Waals surface area (Å²) in [6.45, 7) is 4.31. The molecule has 1 aliphatic heterocycles. The average molecular weight is 291 g/mol. The summed E-state index contributed by atoms with van der Waals surface area (Å²) < 4.78 is 0. The van der Waals surface area contributed by atoms with Crippen molar-refractivity contribution in [3.63, 3.8) is 0 Å². The molecule has 1 heterocycles. The zero-order valence-electron chi connectivity index (χ0n) is 12.3. The molecule has 2 rings (SSSR count). The topological polar surface area (TPSA) is 95.7 Å². The van der Waals surface area contributed by atoms with Gasteiger partial charge in [-0.1, -0.05) is 12.1 Å². The van der Waals surface area contributed by atoms with Gasteiger partial charge in [0.05, 0.1) is 11.5 Å². The number of nitrogens with two attached hydrogens (primary N) is 1. The molecule has 2 unspecified atom stereocenters. The van der Waals surface area contributed by atoms with Crippen LogP contribution in [0, 0.1) is 5.41 Å². The van der Waals surface area contributed by atoms with Crippen LogP contribution in [0.2, 0.25) is 0 Å². The van der Waals surface area contributed by atoms with E-state index in [1.807, 2.05) is 0 Å². The van der Waals surface area contributed by atoms with E-state index in [0.29, 0.717) is 25.2 Å². The molecule has 0 aliphatic carbocycles. The van der Waals surface area contributed by atoms with Crippen LogP contribution in [0.15, 0.2) is 24.3 Å². The van der Waals surface area contributed by atoms with E-state index in [0.717, 1.165) is 5.56 Å². The van der Waals surface area contributed by atoms with E-state index < -0.39 is 11.5 Å². The lowest BCUT2D eigenvalue weighted by Crippen LogP contribution is -2.40. The van der Waals surface area contributed by atoms with Crippen LogP contribution >= 0.6 is 0 Å². The second kappa shape index (κ2) is 5.73. The Morgan fingerprint density at radius 3 is 2.48 bits per heavy atom. The fourth-order valence-corrected chi connectivity index (χ4v) is 2.38. The number of rotatable bonds is 3. The number of carbonyl (C=O) groups excluding carboxylic acids is 2. The molecule has 1 fully saturated rings. The summed E-state index contributed by atoms with van der Waals surface area (Å²) in [4.78, 5) is 25.1. The monoisotopic (exact) mass is 291 g/mol. The summed E-state index contributed by atoms with van der Waals surface area (Å²) in [6.07, 6.45) is 0.0427. The Hall–Kier alpha value is -2.08. The number of nitrogens with one attached hydrogen (secondary N) is 1. The van der Waals surface area contributed by atoms with E-state index in [4.69, 9.17) is 5.73 Å². The van der Waals surface area contributed by atoms with Crippen molar-refractivity contribution in [3.8, 4) is 0 Å². The first kappa shape index (κ1) is 15.3. The van der Waals surface area contributed by atoms with Gasteiger partial charge in [-0.05, 0) is 38.0 Å². The zero-order valence-corrected chi connectivity index (χ0v) is 12.3. The van der Waals surface area contributed by atoms with E-state index in [1.54, 1.807) is 43.0 Å². The third kappa shape index (κ3) is 3.33. The highest BCUT2D eigenvalue weighted by molar-refractivity contribution is 5.91. The van der Waals surface area contributed by atoms with E-state index >= 15 is 0 Å². The van der Waals surface area contributed by atoms with Crippen LogP contribution < -0.4 is 11.1 Å². The summed E-state index contributed by atoms with van der Waals surface area (Å²) in [5.74, 6) is -0.376. The number of anilines is 1. The van der Waals surface area contributed by atoms with Gasteiger partial charge in [0, 0.05) is 18.8 Å². The molecule has 1 aliphatic rings. The van der Waals surface area contributed by atoms with E-state index in [9.17, 15) is 14.7 Å². The molecular weight excluding hydrogens is 270 g/mol. The maximum atomic E-state index is 12.2. The van der Waals surface area contributed by atoms with Gasteiger partial charge >= 0.3 is 6.03 Å². The SMILES string of the molecule is CC(O)c1ccc(NC(=O)N2CCC(C)(C(N)=O)C2)cc1. The molecule has 4 N–H and O–H groups in total. The van der Waals surface area contributed by atoms with E-state index in [2.05, 4.69) is 5.32 Å². The number of aliphatic hydroxyl groups is 1. The quantitative estimate of drug-likeness (QED) is 0.787. The Labute approximate surface area is 123 Å². The highest BCUT2D eigenvalue weighted by Crippen LogP contribution is 2.29. The van der Waals surface area contributed by atoms with Crippen molar-refractivity contribution in [2.75, 3.05) is 18.4 Å². The summed E-state index contributed by atoms with van der Waals surface area (Å²) in [6, 6.07) is 6.76. The Bertz CT molecular complexity index is 542. The Kier molecular flexibility index (Phi) is 4.18. The van der Waals surface area contributed by atoms with Gasteiger partial charge < -0.3 is 21.1 Å². The second-order valence-corrected chi connectivity index (χ2v) is 5.82. The Morgan fingerprint density at radius 2 is 2.00 bits per heavy atom. The summed E-state index contributed by atoms with van der Waals surface area (Å²) in [5.41, 5.74) is 6.16. The van der Waals surface area contributed by atoms with Gasteiger partial charge in [-0.3, -0.25) is 4.79 Å². The van der Waals surface area contributed by atoms with Crippen molar-refractivity contribution >= 4 is 17.6 Å². The smallest absolute Gasteiger partial charge is 0.321 e. The summed E-state index contributed by atoms with van der Waals surface area (Å²) in [7, 11) is 0. The number of hydrogen-bond donors (Lipinski definition) is 3. The molecule has 0 spiro atoms. The van der Waals surface area contributed by atoms with Crippen LogP contribution in [0.3, 0.4) is 0 Å². The van der Waals surface area contributed by atoms with Gasteiger partial charge in [0.15, 0.2) is 0 Å². The molecule has 114 valence electrons. The predicted molar refractivity (Wildman–Crippen MR) is 79.6 cm³/mol. The fraction of sp³-hybridized carbons (Fsp3) is 0.467. The largest absolute Gasteiger partial charge is 0.389 e. The maximum Gasteiger partial charge on any atom is 0.321 e. The van der Waals surface area contributed by atoms with Crippen LogP contribution in [-0.4, -0.2) is 35.0 Å². The lowest BCUT2D eigenvalue weighted by Gasteiger charge is -2.21. The highest BCUT2D eigenvalue weighted by Gasteiger charge is 2.40. The molecule has 0 bridgehead atoms. The average Bonchev–Trinajstić information content (AvgIpc) is 2.83. The first-order valence-corrected chi connectivity index (χ1v) is 6.96. The molecule has 3 amide bonds. The van der Waals surface area contributed by atoms with Gasteiger partial charge in [-0.15, -0.1) is 0 Å². The summed E-state index contributed by atoms with van der Waals surface area (Å²) >= 11 is 0. The van der Waals surface area contributed by atoms with Crippen molar-refractivity contribution in [3.05, 3.63) is 29.8 Å². The van der Waals surface area contributed by atoms with Crippen LogP contribution in [0.5, 0.6) is 0 Å². The number of primary amides is 1. The molecule has 0 aromatic heterocycles. The van der Waals surface area contributed by atoms with Gasteiger partial charge in [0.25, 0.3) is 0 Å². The number of hydrogen-bond acceptors (Lipinski definition) is 3. The third-order valence-corrected chi connectivity index (χ3v) is 4.00. The lowest BCUT2D eigenvalue weighted by molar-refractivity contribution is -0.126. The van der Waals surface area contributed by atoms with Gasteiger partial charge in [0.1, 0.15) is 0 Å². The molecule has 1 aromatic rings. The molecule has 21 heavy (non-hydrogen) atoms. The molecule has 2 atom stereocenters. The van der Waals surface area contributed by atoms with Crippen LogP contribution in [0.4, 0.5) is 10.5 Å². The van der Waals surface area contributed by atoms with Crippen molar-refractivity contribution in [1.29, 1.82) is 0 Å². The third-order valence-electron chi connectivity index (χ3n) is 4.00. The van der Waals surface area contributed by atoms with Gasteiger partial charge in [-0.2, -0.15) is 0 Å². The number of carbonyl (C=O) groups is 2. The van der Waals surface area contributed by atoms with Gasteiger partial charge in [0.2, 0.25) is 5.91 Å². The minimum absolute atomic E-state index is 0.246. The minimum atomic E-state index is -0.645. The standard InChI is InChI=1S/C15H21N3O3/c1-10(19)11-3-5-12(6-4-11)17-14(21)18-8-7-15(2,9-18)13(16)20/h3-6,10,19H,7-9H2,1-2H3,(H2,16,20)(H,17,21). The molecular formula is C15H21N3O3. The Morgan fingerprint density at radius 1 is 1.38 bits per heavy atom. The first-order chi connectivity index (χ1) is 9.82. The first-order valence-electron chi connectivity index (χ1n) is 6.96. The number of nitrogens with zero attached hydrogens (tertiary/aromatic N) is 1. The van der Waals surface area contributed by atoms with Gasteiger partial charge in [-0.25, -0.2) is 4.79 Å². The fourth-order valence-electron chi connectivity index (χ4n) is 2.38. The second-order valence-electron chi connectivity index (χ2n) is 5.82. The molecule has 0 saturated carbocycles. The normalized spacial score (nSPS) is 22.9. The van der Waals surface area contributed by atoms with Crippen molar-refractivity contribution in [2.24, 2.45) is 11.1 Å². The predicted octanol–water partition coefficient (Wildman–Crippen LogP) is 1.47. The highest BCUT2D eigenvalue weighted by atomic mass is 16.3. The number of aliphatic hydroxyl groups excluding tert-OH is 1. The molecule has 1 saturated heterocycles. The molecule has 6 heteroatoms. The Balaban J connectivity index is 1.98. The minimum Gasteiger partial charge on any atom is -0.389 e. The number of amides is 3. The van der Waals surface area contributed by atoms with Crippen molar-refractivity contribution in [1.82, 2.24) is 4.90 Å². The lowest BCUT2D eigenvalue weighted by atomic mass is 9.89. The zero-order chi connectivity index (χ0) is 15.6. The molecule has 6 nitrogen and oxygen atoms in total. The number of benzene rings is 1. The van der Waals surface area contributed by atoms with E-state index in [1.165, 1.54) is 0 Å². The van der Waals surface area contributed by atoms with Crippen molar-refractivity contribution < 1.29 is 14.7 Å². The maximum absolute atomic E-state index is 12.2. The molecule has 1 aromatic carbocycles. The molecule has 0 radical (unpaired) electrons.